The minimum absolute atomic E-state index is 0.644. The van der Waals surface area contributed by atoms with Gasteiger partial charge in [-0.2, -0.15) is 0 Å². The fourth-order valence-corrected chi connectivity index (χ4v) is 2.40. The highest BCUT2D eigenvalue weighted by atomic mass is 32.1. The van der Waals surface area contributed by atoms with Crippen molar-refractivity contribution in [1.82, 2.24) is 0 Å². The zero-order valence-corrected chi connectivity index (χ0v) is 9.68. The van der Waals surface area contributed by atoms with Crippen molar-refractivity contribution in [2.75, 3.05) is 21.3 Å². The van der Waals surface area contributed by atoms with E-state index < -0.39 is 0 Å². The molecule has 80 valence electrons. The Morgan fingerprint density at radius 1 is 1.00 bits per heavy atom. The average Bonchev–Trinajstić information content (AvgIpc) is 2.73. The molecule has 0 N–H and O–H groups in total. The zero-order valence-electron chi connectivity index (χ0n) is 8.87. The van der Waals surface area contributed by atoms with Gasteiger partial charge in [-0.25, -0.2) is 0 Å². The largest absolute Gasteiger partial charge is 0.493 e. The second-order valence-electron chi connectivity index (χ2n) is 2.98. The molecule has 3 nitrogen and oxygen atoms in total. The van der Waals surface area contributed by atoms with Crippen molar-refractivity contribution in [3.05, 3.63) is 17.5 Å². The van der Waals surface area contributed by atoms with Crippen molar-refractivity contribution in [3.8, 4) is 17.2 Å². The molecule has 0 fully saturated rings. The molecule has 1 aromatic carbocycles. The van der Waals surface area contributed by atoms with Crippen LogP contribution in [0.2, 0.25) is 0 Å². The molecule has 0 aliphatic carbocycles. The van der Waals surface area contributed by atoms with Crippen LogP contribution in [0.4, 0.5) is 0 Å². The molecule has 0 atom stereocenters. The summed E-state index contributed by atoms with van der Waals surface area (Å²) in [6.07, 6.45) is 0. The molecule has 2 aromatic rings. The number of hydrogen-bond acceptors (Lipinski definition) is 4. The molecule has 0 saturated heterocycles. The van der Waals surface area contributed by atoms with Gasteiger partial charge in [0.05, 0.1) is 21.3 Å². The van der Waals surface area contributed by atoms with Crippen LogP contribution in [-0.2, 0) is 0 Å². The molecule has 1 aromatic heterocycles. The van der Waals surface area contributed by atoms with Gasteiger partial charge >= 0.3 is 0 Å². The predicted octanol–water partition coefficient (Wildman–Crippen LogP) is 2.93. The van der Waals surface area contributed by atoms with Crippen LogP contribution in [0.1, 0.15) is 0 Å². The highest BCUT2D eigenvalue weighted by Gasteiger charge is 2.15. The number of methoxy groups -OCH3 is 3. The summed E-state index contributed by atoms with van der Waals surface area (Å²) in [6.45, 7) is 0. The van der Waals surface area contributed by atoms with E-state index in [1.54, 1.807) is 32.7 Å². The predicted molar refractivity (Wildman–Crippen MR) is 61.5 cm³/mol. The molecule has 2 rings (SSSR count). The SMILES string of the molecule is COc1cc2sccc2c(OC)c1OC. The van der Waals surface area contributed by atoms with Gasteiger partial charge in [-0.3, -0.25) is 0 Å². The Morgan fingerprint density at radius 3 is 2.33 bits per heavy atom. The molecule has 4 heteroatoms. The molecule has 0 spiro atoms. The Labute approximate surface area is 92.2 Å². The minimum Gasteiger partial charge on any atom is -0.493 e. The topological polar surface area (TPSA) is 27.7 Å². The summed E-state index contributed by atoms with van der Waals surface area (Å²) < 4.78 is 17.0. The van der Waals surface area contributed by atoms with Crippen molar-refractivity contribution in [2.45, 2.75) is 0 Å². The molecule has 0 saturated carbocycles. The first kappa shape index (κ1) is 10.1. The average molecular weight is 224 g/mol. The van der Waals surface area contributed by atoms with Crippen molar-refractivity contribution in [3.63, 3.8) is 0 Å². The van der Waals surface area contributed by atoms with E-state index in [2.05, 4.69) is 0 Å². The molecular weight excluding hydrogens is 212 g/mol. The number of rotatable bonds is 3. The first-order valence-corrected chi connectivity index (χ1v) is 5.36. The maximum absolute atomic E-state index is 5.35. The number of hydrogen-bond donors (Lipinski definition) is 0. The Bertz CT molecular complexity index is 476. The Hall–Kier alpha value is -1.42. The first-order valence-electron chi connectivity index (χ1n) is 4.48. The highest BCUT2D eigenvalue weighted by molar-refractivity contribution is 7.17. The van der Waals surface area contributed by atoms with Crippen molar-refractivity contribution in [2.24, 2.45) is 0 Å². The van der Waals surface area contributed by atoms with E-state index in [0.717, 1.165) is 15.8 Å². The van der Waals surface area contributed by atoms with E-state index in [-0.39, 0.29) is 0 Å². The smallest absolute Gasteiger partial charge is 0.204 e. The normalized spacial score (nSPS) is 10.3. The molecule has 15 heavy (non-hydrogen) atoms. The van der Waals surface area contributed by atoms with Crippen molar-refractivity contribution in [1.29, 1.82) is 0 Å². The molecule has 0 bridgehead atoms. The second kappa shape index (κ2) is 3.98. The molecule has 0 aliphatic rings. The fraction of sp³-hybridized carbons (Fsp3) is 0.273. The first-order chi connectivity index (χ1) is 7.31. The molecule has 0 radical (unpaired) electrons. The van der Waals surface area contributed by atoms with E-state index in [0.29, 0.717) is 11.5 Å². The van der Waals surface area contributed by atoms with Crippen LogP contribution in [0.25, 0.3) is 10.1 Å². The monoisotopic (exact) mass is 224 g/mol. The summed E-state index contributed by atoms with van der Waals surface area (Å²) in [5.41, 5.74) is 0. The molecule has 1 heterocycles. The standard InChI is InChI=1S/C11H12O3S/c1-12-8-6-9-7(4-5-15-9)10(13-2)11(8)14-3/h4-6H,1-3H3. The van der Waals surface area contributed by atoms with Crippen LogP contribution < -0.4 is 14.2 Å². The third-order valence-corrected chi connectivity index (χ3v) is 3.12. The lowest BCUT2D eigenvalue weighted by molar-refractivity contribution is 0.327. The lowest BCUT2D eigenvalue weighted by Gasteiger charge is -2.12. The van der Waals surface area contributed by atoms with E-state index >= 15 is 0 Å². The van der Waals surface area contributed by atoms with Crippen LogP contribution in [0.5, 0.6) is 17.2 Å². The summed E-state index contributed by atoms with van der Waals surface area (Å²) in [6, 6.07) is 3.97. The number of benzene rings is 1. The van der Waals surface area contributed by atoms with Gasteiger partial charge in [0.15, 0.2) is 11.5 Å². The number of thiophene rings is 1. The maximum Gasteiger partial charge on any atom is 0.204 e. The van der Waals surface area contributed by atoms with Gasteiger partial charge in [-0.1, -0.05) is 0 Å². The van der Waals surface area contributed by atoms with E-state index in [4.69, 9.17) is 14.2 Å². The molecule has 0 unspecified atom stereocenters. The van der Waals surface area contributed by atoms with Gasteiger partial charge in [0.25, 0.3) is 0 Å². The number of fused-ring (bicyclic) bond motifs is 1. The van der Waals surface area contributed by atoms with Gasteiger partial charge in [0, 0.05) is 16.2 Å². The summed E-state index contributed by atoms with van der Waals surface area (Å²) in [5.74, 6) is 2.07. The van der Waals surface area contributed by atoms with E-state index in [1.165, 1.54) is 0 Å². The third-order valence-electron chi connectivity index (χ3n) is 2.26. The van der Waals surface area contributed by atoms with E-state index in [1.807, 2.05) is 17.5 Å². The van der Waals surface area contributed by atoms with Gasteiger partial charge < -0.3 is 14.2 Å². The number of ether oxygens (including phenoxy) is 3. The summed E-state index contributed by atoms with van der Waals surface area (Å²) in [5, 5.41) is 3.08. The Kier molecular flexibility index (Phi) is 2.68. The maximum atomic E-state index is 5.35. The molecular formula is C11H12O3S. The molecule has 0 aliphatic heterocycles. The lowest BCUT2D eigenvalue weighted by atomic mass is 10.2. The van der Waals surface area contributed by atoms with Crippen molar-refractivity contribution >= 4 is 21.4 Å². The zero-order chi connectivity index (χ0) is 10.8. The summed E-state index contributed by atoms with van der Waals surface area (Å²) in [4.78, 5) is 0. The van der Waals surface area contributed by atoms with Crippen LogP contribution in [-0.4, -0.2) is 21.3 Å². The van der Waals surface area contributed by atoms with Crippen LogP contribution >= 0.6 is 11.3 Å². The Morgan fingerprint density at radius 2 is 1.73 bits per heavy atom. The van der Waals surface area contributed by atoms with Gasteiger partial charge in [0.2, 0.25) is 5.75 Å². The highest BCUT2D eigenvalue weighted by Crippen LogP contribution is 2.44. The third kappa shape index (κ3) is 1.51. The van der Waals surface area contributed by atoms with Crippen LogP contribution in [0.15, 0.2) is 17.5 Å². The van der Waals surface area contributed by atoms with Gasteiger partial charge in [-0.05, 0) is 11.4 Å². The van der Waals surface area contributed by atoms with Gasteiger partial charge in [0.1, 0.15) is 0 Å². The summed E-state index contributed by atoms with van der Waals surface area (Å²) >= 11 is 1.65. The minimum atomic E-state index is 0.644. The second-order valence-corrected chi connectivity index (χ2v) is 3.93. The van der Waals surface area contributed by atoms with Gasteiger partial charge in [-0.15, -0.1) is 11.3 Å². The van der Waals surface area contributed by atoms with E-state index in [9.17, 15) is 0 Å². The van der Waals surface area contributed by atoms with Crippen LogP contribution in [0, 0.1) is 0 Å². The Balaban J connectivity index is 2.78. The molecule has 0 amide bonds. The fourth-order valence-electron chi connectivity index (χ4n) is 1.59. The quantitative estimate of drug-likeness (QED) is 0.802. The summed E-state index contributed by atoms with van der Waals surface area (Å²) in [7, 11) is 4.86. The lowest BCUT2D eigenvalue weighted by Crippen LogP contribution is -1.94. The van der Waals surface area contributed by atoms with Crippen LogP contribution in [0.3, 0.4) is 0 Å². The van der Waals surface area contributed by atoms with Crippen molar-refractivity contribution < 1.29 is 14.2 Å².